The molecule has 0 radical (unpaired) electrons. The fraction of sp³-hybridized carbons (Fsp3) is 0.267. The molecule has 2 rings (SSSR count). The molecule has 1 heterocycles. The number of nitrogens with zero attached hydrogens (tertiary/aromatic N) is 1. The molecule has 3 N–H and O–H groups in total. The van der Waals surface area contributed by atoms with Crippen LogP contribution in [0, 0.1) is 0 Å². The molecule has 0 saturated heterocycles. The first-order chi connectivity index (χ1) is 10.7. The second-order valence-electron chi connectivity index (χ2n) is 4.43. The number of carbonyl (C=O) groups is 2. The van der Waals surface area contributed by atoms with Gasteiger partial charge in [0.2, 0.25) is 0 Å². The summed E-state index contributed by atoms with van der Waals surface area (Å²) in [6.07, 6.45) is 0.987. The summed E-state index contributed by atoms with van der Waals surface area (Å²) in [5.41, 5.74) is 2.01. The summed E-state index contributed by atoms with van der Waals surface area (Å²) in [7, 11) is 0. The van der Waals surface area contributed by atoms with Gasteiger partial charge in [0.05, 0.1) is 24.1 Å². The predicted molar refractivity (Wildman–Crippen MR) is 81.4 cm³/mol. The lowest BCUT2D eigenvalue weighted by molar-refractivity contribution is 0.0953. The van der Waals surface area contributed by atoms with Gasteiger partial charge in [0.1, 0.15) is 0 Å². The monoisotopic (exact) mass is 302 g/mol. The first-order valence-corrected chi connectivity index (χ1v) is 7.00. The lowest BCUT2D eigenvalue weighted by atomic mass is 10.1. The molecule has 7 heteroatoms. The fourth-order valence-electron chi connectivity index (χ4n) is 1.90. The molecular weight excluding hydrogens is 284 g/mol. The second kappa shape index (κ2) is 7.82. The Morgan fingerprint density at radius 1 is 1.18 bits per heavy atom. The molecule has 0 bridgehead atoms. The number of carbonyl (C=O) groups excluding carboxylic acids is 2. The third-order valence-electron chi connectivity index (χ3n) is 2.90. The third-order valence-corrected chi connectivity index (χ3v) is 2.90. The molecule has 1 aromatic heterocycles. The molecule has 0 fully saturated rings. The zero-order valence-corrected chi connectivity index (χ0v) is 12.3. The zero-order chi connectivity index (χ0) is 15.8. The van der Waals surface area contributed by atoms with Crippen LogP contribution in [0.3, 0.4) is 0 Å². The molecule has 22 heavy (non-hydrogen) atoms. The van der Waals surface area contributed by atoms with Gasteiger partial charge < -0.3 is 15.4 Å². The average Bonchev–Trinajstić information content (AvgIpc) is 3.02. The van der Waals surface area contributed by atoms with Gasteiger partial charge in [0.15, 0.2) is 0 Å². The van der Waals surface area contributed by atoms with E-state index in [1.165, 1.54) is 6.20 Å². The van der Waals surface area contributed by atoms with Crippen molar-refractivity contribution in [3.63, 3.8) is 0 Å². The number of alkyl carbamates (subject to hydrolysis) is 1. The van der Waals surface area contributed by atoms with Gasteiger partial charge in [-0.15, -0.1) is 0 Å². The number of nitrogens with one attached hydrogen (secondary N) is 3. The Balaban J connectivity index is 1.89. The molecule has 0 aliphatic carbocycles. The van der Waals surface area contributed by atoms with Gasteiger partial charge >= 0.3 is 6.09 Å². The molecule has 1 aromatic carbocycles. The van der Waals surface area contributed by atoms with Crippen LogP contribution in [0.15, 0.2) is 36.5 Å². The normalized spacial score (nSPS) is 10.0. The predicted octanol–water partition coefficient (Wildman–Crippen LogP) is 1.55. The molecule has 0 saturated carbocycles. The van der Waals surface area contributed by atoms with E-state index in [2.05, 4.69) is 20.8 Å². The number of amides is 2. The van der Waals surface area contributed by atoms with E-state index in [0.29, 0.717) is 31.0 Å². The highest BCUT2D eigenvalue weighted by molar-refractivity contribution is 5.99. The van der Waals surface area contributed by atoms with Gasteiger partial charge in [-0.3, -0.25) is 9.89 Å². The largest absolute Gasteiger partial charge is 0.450 e. The lowest BCUT2D eigenvalue weighted by Crippen LogP contribution is -2.35. The Bertz CT molecular complexity index is 625. The molecule has 116 valence electrons. The highest BCUT2D eigenvalue weighted by Gasteiger charge is 2.14. The van der Waals surface area contributed by atoms with Crippen LogP contribution in [0.5, 0.6) is 0 Å². The van der Waals surface area contributed by atoms with Crippen LogP contribution >= 0.6 is 0 Å². The van der Waals surface area contributed by atoms with Gasteiger partial charge in [-0.1, -0.05) is 30.3 Å². The number of hydrogen-bond donors (Lipinski definition) is 3. The summed E-state index contributed by atoms with van der Waals surface area (Å²) in [6.45, 7) is 2.64. The highest BCUT2D eigenvalue weighted by Crippen LogP contribution is 2.20. The molecule has 0 atom stereocenters. The Morgan fingerprint density at radius 3 is 2.64 bits per heavy atom. The third kappa shape index (κ3) is 4.08. The first-order valence-electron chi connectivity index (χ1n) is 7.00. The van der Waals surface area contributed by atoms with E-state index in [1.54, 1.807) is 6.92 Å². The van der Waals surface area contributed by atoms with Crippen LogP contribution in [-0.4, -0.2) is 41.9 Å². The number of ether oxygens (including phenoxy) is 1. The molecule has 2 aromatic rings. The van der Waals surface area contributed by atoms with Crippen LogP contribution in [0.1, 0.15) is 17.3 Å². The maximum Gasteiger partial charge on any atom is 0.407 e. The smallest absolute Gasteiger partial charge is 0.407 e. The van der Waals surface area contributed by atoms with E-state index in [-0.39, 0.29) is 5.91 Å². The zero-order valence-electron chi connectivity index (χ0n) is 12.3. The summed E-state index contributed by atoms with van der Waals surface area (Å²) in [6, 6.07) is 9.47. The van der Waals surface area contributed by atoms with Gasteiger partial charge in [0.25, 0.3) is 5.91 Å². The van der Waals surface area contributed by atoms with Crippen molar-refractivity contribution in [1.82, 2.24) is 20.8 Å². The topological polar surface area (TPSA) is 96.1 Å². The SMILES string of the molecule is CCOC(=O)NCCNC(=O)c1cn[nH]c1-c1ccccc1. The maximum absolute atomic E-state index is 12.2. The number of aromatic amines is 1. The highest BCUT2D eigenvalue weighted by atomic mass is 16.5. The number of benzene rings is 1. The average molecular weight is 302 g/mol. The van der Waals surface area contributed by atoms with Crippen molar-refractivity contribution in [2.24, 2.45) is 0 Å². The van der Waals surface area contributed by atoms with Crippen LogP contribution in [-0.2, 0) is 4.74 Å². The number of hydrogen-bond acceptors (Lipinski definition) is 4. The van der Waals surface area contributed by atoms with Crippen molar-refractivity contribution >= 4 is 12.0 Å². The molecule has 7 nitrogen and oxygen atoms in total. The Labute approximate surface area is 128 Å². The van der Waals surface area contributed by atoms with E-state index in [0.717, 1.165) is 5.56 Å². The van der Waals surface area contributed by atoms with Crippen LogP contribution in [0.25, 0.3) is 11.3 Å². The van der Waals surface area contributed by atoms with Crippen molar-refractivity contribution in [3.8, 4) is 11.3 Å². The molecular formula is C15H18N4O3. The maximum atomic E-state index is 12.2. The summed E-state index contributed by atoms with van der Waals surface area (Å²) < 4.78 is 4.72. The minimum Gasteiger partial charge on any atom is -0.450 e. The van der Waals surface area contributed by atoms with E-state index in [9.17, 15) is 9.59 Å². The minimum atomic E-state index is -0.495. The van der Waals surface area contributed by atoms with Crippen molar-refractivity contribution in [2.75, 3.05) is 19.7 Å². The Morgan fingerprint density at radius 2 is 1.91 bits per heavy atom. The van der Waals surface area contributed by atoms with Crippen molar-refractivity contribution < 1.29 is 14.3 Å². The molecule has 0 unspecified atom stereocenters. The van der Waals surface area contributed by atoms with Crippen molar-refractivity contribution in [3.05, 3.63) is 42.1 Å². The summed E-state index contributed by atoms with van der Waals surface area (Å²) >= 11 is 0. The Hall–Kier alpha value is -2.83. The molecule has 2 amide bonds. The van der Waals surface area contributed by atoms with Crippen LogP contribution in [0.4, 0.5) is 4.79 Å². The van der Waals surface area contributed by atoms with Gasteiger partial charge in [-0.05, 0) is 6.92 Å². The molecule has 0 aliphatic rings. The van der Waals surface area contributed by atoms with Crippen molar-refractivity contribution in [2.45, 2.75) is 6.92 Å². The van der Waals surface area contributed by atoms with Gasteiger partial charge in [0, 0.05) is 18.7 Å². The second-order valence-corrected chi connectivity index (χ2v) is 4.43. The fourth-order valence-corrected chi connectivity index (χ4v) is 1.90. The van der Waals surface area contributed by atoms with Gasteiger partial charge in [-0.25, -0.2) is 4.79 Å². The van der Waals surface area contributed by atoms with E-state index >= 15 is 0 Å². The summed E-state index contributed by atoms with van der Waals surface area (Å²) in [4.78, 5) is 23.2. The quantitative estimate of drug-likeness (QED) is 0.705. The standard InChI is InChI=1S/C15H18N4O3/c1-2-22-15(21)17-9-8-16-14(20)12-10-18-19-13(12)11-6-4-3-5-7-11/h3-7,10H,2,8-9H2,1H3,(H,16,20)(H,17,21)(H,18,19). The van der Waals surface area contributed by atoms with E-state index < -0.39 is 6.09 Å². The van der Waals surface area contributed by atoms with Gasteiger partial charge in [-0.2, -0.15) is 5.10 Å². The molecule has 0 spiro atoms. The lowest BCUT2D eigenvalue weighted by Gasteiger charge is -2.07. The van der Waals surface area contributed by atoms with Crippen LogP contribution < -0.4 is 10.6 Å². The molecule has 0 aliphatic heterocycles. The summed E-state index contributed by atoms with van der Waals surface area (Å²) in [5, 5.41) is 12.0. The number of rotatable bonds is 6. The number of H-pyrrole nitrogens is 1. The first kappa shape index (κ1) is 15.6. The van der Waals surface area contributed by atoms with Crippen molar-refractivity contribution in [1.29, 1.82) is 0 Å². The number of aromatic nitrogens is 2. The minimum absolute atomic E-state index is 0.252. The van der Waals surface area contributed by atoms with E-state index in [4.69, 9.17) is 4.74 Å². The Kier molecular flexibility index (Phi) is 5.53. The van der Waals surface area contributed by atoms with E-state index in [1.807, 2.05) is 30.3 Å². The van der Waals surface area contributed by atoms with Crippen LogP contribution in [0.2, 0.25) is 0 Å². The summed E-state index contributed by atoms with van der Waals surface area (Å²) in [5.74, 6) is -0.252.